The number of nitrogens with zero attached hydrogens (tertiary/aromatic N) is 3. The molecular formula is C17H16ClN3O3S. The number of benzene rings is 1. The lowest BCUT2D eigenvalue weighted by Crippen LogP contribution is -2.20. The van der Waals surface area contributed by atoms with E-state index >= 15 is 0 Å². The van der Waals surface area contributed by atoms with Gasteiger partial charge in [-0.05, 0) is 18.4 Å². The monoisotopic (exact) mass is 377 g/mol. The predicted octanol–water partition coefficient (Wildman–Crippen LogP) is 3.39. The van der Waals surface area contributed by atoms with Crippen LogP contribution in [0.1, 0.15) is 0 Å². The predicted molar refractivity (Wildman–Crippen MR) is 100 cm³/mol. The van der Waals surface area contributed by atoms with E-state index in [1.165, 1.54) is 23.4 Å². The van der Waals surface area contributed by atoms with E-state index in [0.717, 1.165) is 5.39 Å². The van der Waals surface area contributed by atoms with E-state index in [-0.39, 0.29) is 5.56 Å². The molecule has 0 saturated carbocycles. The zero-order valence-electron chi connectivity index (χ0n) is 14.2. The molecular weight excluding hydrogens is 362 g/mol. The normalized spacial score (nSPS) is 10.9. The fraction of sp³-hybridized carbons (Fsp3) is 0.235. The van der Waals surface area contributed by atoms with Gasteiger partial charge in [0.05, 0.1) is 19.2 Å². The largest absolute Gasteiger partial charge is 0.497 e. The number of halogens is 1. The number of thioether (sulfide) groups is 1. The number of rotatable bonds is 4. The highest BCUT2D eigenvalue weighted by atomic mass is 35.5. The number of hydrogen-bond acceptors (Lipinski definition) is 6. The summed E-state index contributed by atoms with van der Waals surface area (Å²) < 4.78 is 12.1. The number of fused-ring (bicyclic) bond motifs is 1. The Morgan fingerprint density at radius 2 is 1.92 bits per heavy atom. The maximum absolute atomic E-state index is 12.9. The highest BCUT2D eigenvalue weighted by molar-refractivity contribution is 7.98. The number of aromatic nitrogens is 3. The molecule has 3 aromatic rings. The first-order chi connectivity index (χ1) is 12.0. The molecule has 8 heteroatoms. The third-order valence-corrected chi connectivity index (χ3v) is 4.82. The molecule has 25 heavy (non-hydrogen) atoms. The minimum absolute atomic E-state index is 0.213. The summed E-state index contributed by atoms with van der Waals surface area (Å²) in [5, 5.41) is 1.70. The molecule has 1 aromatic carbocycles. The van der Waals surface area contributed by atoms with E-state index in [0.29, 0.717) is 38.5 Å². The van der Waals surface area contributed by atoms with Crippen LogP contribution in [0.25, 0.3) is 22.2 Å². The molecule has 2 aromatic heterocycles. The third-order valence-electron chi connectivity index (χ3n) is 3.87. The second-order valence-corrected chi connectivity index (χ2v) is 6.40. The van der Waals surface area contributed by atoms with Gasteiger partial charge in [-0.3, -0.25) is 9.36 Å². The molecule has 0 bridgehead atoms. The molecule has 2 heterocycles. The minimum Gasteiger partial charge on any atom is -0.497 e. The zero-order valence-corrected chi connectivity index (χ0v) is 15.7. The van der Waals surface area contributed by atoms with Crippen molar-refractivity contribution in [3.63, 3.8) is 0 Å². The molecule has 0 atom stereocenters. The Balaban J connectivity index is 2.33. The molecule has 130 valence electrons. The molecule has 3 rings (SSSR count). The van der Waals surface area contributed by atoms with Gasteiger partial charge in [-0.1, -0.05) is 23.4 Å². The second kappa shape index (κ2) is 6.93. The van der Waals surface area contributed by atoms with Gasteiger partial charge in [-0.25, -0.2) is 9.97 Å². The van der Waals surface area contributed by atoms with Gasteiger partial charge in [0.15, 0.2) is 5.16 Å². The average molecular weight is 378 g/mol. The molecule has 0 saturated heterocycles. The van der Waals surface area contributed by atoms with Crippen LogP contribution in [0.2, 0.25) is 5.02 Å². The summed E-state index contributed by atoms with van der Waals surface area (Å²) in [6.07, 6.45) is 3.58. The van der Waals surface area contributed by atoms with E-state index in [1.54, 1.807) is 38.6 Å². The van der Waals surface area contributed by atoms with Crippen LogP contribution < -0.4 is 15.0 Å². The van der Waals surface area contributed by atoms with Gasteiger partial charge < -0.3 is 9.47 Å². The van der Waals surface area contributed by atoms with Crippen LogP contribution >= 0.6 is 23.4 Å². The molecule has 0 N–H and O–H groups in total. The fourth-order valence-corrected chi connectivity index (χ4v) is 3.18. The lowest BCUT2D eigenvalue weighted by Gasteiger charge is -2.13. The summed E-state index contributed by atoms with van der Waals surface area (Å²) in [5.74, 6) is 0.986. The summed E-state index contributed by atoms with van der Waals surface area (Å²) in [4.78, 5) is 21.6. The Labute approximate surface area is 153 Å². The maximum atomic E-state index is 12.9. The van der Waals surface area contributed by atoms with Crippen molar-refractivity contribution >= 4 is 34.4 Å². The van der Waals surface area contributed by atoms with Gasteiger partial charge in [0.25, 0.3) is 5.56 Å². The highest BCUT2D eigenvalue weighted by Gasteiger charge is 2.17. The summed E-state index contributed by atoms with van der Waals surface area (Å²) >= 11 is 7.85. The summed E-state index contributed by atoms with van der Waals surface area (Å²) in [6, 6.07) is 5.12. The minimum atomic E-state index is -0.213. The number of aryl methyl sites for hydroxylation is 1. The topological polar surface area (TPSA) is 66.2 Å². The van der Waals surface area contributed by atoms with Gasteiger partial charge in [0.2, 0.25) is 0 Å². The molecule has 0 unspecified atom stereocenters. The Morgan fingerprint density at radius 1 is 1.16 bits per heavy atom. The van der Waals surface area contributed by atoms with E-state index in [9.17, 15) is 4.79 Å². The summed E-state index contributed by atoms with van der Waals surface area (Å²) in [5.41, 5.74) is 1.32. The number of methoxy groups -OCH3 is 2. The van der Waals surface area contributed by atoms with Crippen LogP contribution in [-0.2, 0) is 7.05 Å². The van der Waals surface area contributed by atoms with Crippen molar-refractivity contribution in [2.75, 3.05) is 20.5 Å². The van der Waals surface area contributed by atoms with Crippen molar-refractivity contribution in [3.8, 4) is 22.6 Å². The quantitative estimate of drug-likeness (QED) is 0.513. The highest BCUT2D eigenvalue weighted by Crippen LogP contribution is 2.38. The standard InChI is InChI=1S/C17H16ClN3O3S/c1-21-15-9(8-19-17(20-15)25-4)5-12(16(21)22)11-6-10(23-2)7-13(24-3)14(11)18/h5-8H,1-4H3. The Hall–Kier alpha value is -2.25. The van der Waals surface area contributed by atoms with Gasteiger partial charge in [0.1, 0.15) is 17.1 Å². The van der Waals surface area contributed by atoms with Crippen molar-refractivity contribution in [2.45, 2.75) is 5.16 Å². The van der Waals surface area contributed by atoms with Crippen LogP contribution in [-0.4, -0.2) is 35.0 Å². The first kappa shape index (κ1) is 17.6. The molecule has 0 aliphatic carbocycles. The van der Waals surface area contributed by atoms with Crippen LogP contribution in [0.4, 0.5) is 0 Å². The molecule has 0 fully saturated rings. The second-order valence-electron chi connectivity index (χ2n) is 5.25. The van der Waals surface area contributed by atoms with Crippen molar-refractivity contribution in [1.82, 2.24) is 14.5 Å². The van der Waals surface area contributed by atoms with Crippen molar-refractivity contribution in [1.29, 1.82) is 0 Å². The molecule has 0 amide bonds. The third kappa shape index (κ3) is 3.05. The molecule has 0 aliphatic heterocycles. The first-order valence-corrected chi connectivity index (χ1v) is 8.93. The molecule has 6 nitrogen and oxygen atoms in total. The zero-order chi connectivity index (χ0) is 18.1. The first-order valence-electron chi connectivity index (χ1n) is 7.32. The van der Waals surface area contributed by atoms with Crippen LogP contribution in [0.15, 0.2) is 34.3 Å². The smallest absolute Gasteiger partial charge is 0.259 e. The van der Waals surface area contributed by atoms with Crippen LogP contribution in [0.5, 0.6) is 11.5 Å². The lowest BCUT2D eigenvalue weighted by atomic mass is 10.0. The van der Waals surface area contributed by atoms with Crippen molar-refractivity contribution < 1.29 is 9.47 Å². The van der Waals surface area contributed by atoms with Crippen molar-refractivity contribution in [3.05, 3.63) is 39.8 Å². The summed E-state index contributed by atoms with van der Waals surface area (Å²) in [7, 11) is 4.74. The van der Waals surface area contributed by atoms with E-state index in [4.69, 9.17) is 21.1 Å². The molecule has 0 radical (unpaired) electrons. The van der Waals surface area contributed by atoms with E-state index in [2.05, 4.69) is 9.97 Å². The number of pyridine rings is 1. The Kier molecular flexibility index (Phi) is 4.87. The Morgan fingerprint density at radius 3 is 2.56 bits per heavy atom. The SMILES string of the molecule is COc1cc(OC)c(Cl)c(-c2cc3cnc(SC)nc3n(C)c2=O)c1. The van der Waals surface area contributed by atoms with E-state index < -0.39 is 0 Å². The summed E-state index contributed by atoms with van der Waals surface area (Å²) in [6.45, 7) is 0. The Bertz CT molecular complexity index is 1020. The number of hydrogen-bond donors (Lipinski definition) is 0. The van der Waals surface area contributed by atoms with Gasteiger partial charge >= 0.3 is 0 Å². The van der Waals surface area contributed by atoms with Crippen molar-refractivity contribution in [2.24, 2.45) is 7.05 Å². The van der Waals surface area contributed by atoms with E-state index in [1.807, 2.05) is 6.26 Å². The lowest BCUT2D eigenvalue weighted by molar-refractivity contribution is 0.395. The molecule has 0 aliphatic rings. The van der Waals surface area contributed by atoms with Gasteiger partial charge in [0, 0.05) is 35.8 Å². The van der Waals surface area contributed by atoms with Crippen LogP contribution in [0, 0.1) is 0 Å². The van der Waals surface area contributed by atoms with Crippen LogP contribution in [0.3, 0.4) is 0 Å². The molecule has 0 spiro atoms. The number of ether oxygens (including phenoxy) is 2. The maximum Gasteiger partial charge on any atom is 0.259 e. The average Bonchev–Trinajstić information content (AvgIpc) is 2.64. The fourth-order valence-electron chi connectivity index (χ4n) is 2.56. The van der Waals surface area contributed by atoms with Gasteiger partial charge in [-0.15, -0.1) is 0 Å². The van der Waals surface area contributed by atoms with Gasteiger partial charge in [-0.2, -0.15) is 0 Å².